The molecule has 0 spiro atoms. The number of amides is 1. The van der Waals surface area contributed by atoms with Gasteiger partial charge in [-0.3, -0.25) is 4.79 Å². The number of carbonyl (C=O) groups excluding carboxylic acids is 1. The van der Waals surface area contributed by atoms with Gasteiger partial charge < -0.3 is 24.1 Å². The Balaban J connectivity index is 1.37. The van der Waals surface area contributed by atoms with Gasteiger partial charge in [-0.05, 0) is 35.1 Å². The molecule has 0 unspecified atom stereocenters. The molecule has 176 valence electrons. The Labute approximate surface area is 206 Å². The number of hydrogen-bond donors (Lipinski definition) is 1. The van der Waals surface area contributed by atoms with E-state index in [-0.39, 0.29) is 17.5 Å². The van der Waals surface area contributed by atoms with E-state index in [4.69, 9.17) is 4.42 Å². The van der Waals surface area contributed by atoms with Crippen LogP contribution in [0.1, 0.15) is 33.0 Å². The van der Waals surface area contributed by atoms with Gasteiger partial charge in [-0.15, -0.1) is 11.3 Å². The van der Waals surface area contributed by atoms with E-state index in [1.807, 2.05) is 11.0 Å². The van der Waals surface area contributed by atoms with E-state index in [0.29, 0.717) is 39.8 Å². The van der Waals surface area contributed by atoms with Crippen LogP contribution < -0.4 is 4.90 Å². The number of halogens is 2. The monoisotopic (exact) mass is 545 g/mol. The molecule has 0 bridgehead atoms. The number of imidazole rings is 1. The zero-order chi connectivity index (χ0) is 23.4. The van der Waals surface area contributed by atoms with Crippen LogP contribution in [0.25, 0.3) is 10.2 Å². The van der Waals surface area contributed by atoms with Crippen LogP contribution in [0.3, 0.4) is 0 Å². The number of oxazole rings is 1. The van der Waals surface area contributed by atoms with Gasteiger partial charge in [0.05, 0.1) is 16.7 Å². The first-order valence-corrected chi connectivity index (χ1v) is 12.6. The van der Waals surface area contributed by atoms with Gasteiger partial charge >= 0.3 is 0 Å². The van der Waals surface area contributed by atoms with Crippen molar-refractivity contribution in [2.24, 2.45) is 0 Å². The zero-order valence-electron chi connectivity index (χ0n) is 18.3. The van der Waals surface area contributed by atoms with Gasteiger partial charge in [0.15, 0.2) is 4.60 Å². The van der Waals surface area contributed by atoms with Crippen molar-refractivity contribution in [1.29, 1.82) is 0 Å². The topological polar surface area (TPSA) is 94.4 Å². The number of para-hydroxylation sites is 1. The van der Waals surface area contributed by atoms with E-state index in [0.717, 1.165) is 36.6 Å². The SMILES string of the molecule is CN1CCN(c2nc(Br)c(C(=O)N3CCc4[nH]cnc4[C@H]3c3nc4c(F)cccc4s3)o2)CC1. The predicted octanol–water partition coefficient (Wildman–Crippen LogP) is 3.45. The zero-order valence-corrected chi connectivity index (χ0v) is 20.7. The summed E-state index contributed by atoms with van der Waals surface area (Å²) < 4.78 is 21.5. The number of rotatable bonds is 3. The van der Waals surface area contributed by atoms with Gasteiger partial charge in [0.2, 0.25) is 5.76 Å². The molecule has 3 aromatic heterocycles. The number of likely N-dealkylation sites (N-methyl/N-ethyl adjacent to an activating group) is 1. The minimum Gasteiger partial charge on any atom is -0.417 e. The lowest BCUT2D eigenvalue weighted by atomic mass is 10.0. The van der Waals surface area contributed by atoms with E-state index in [1.54, 1.807) is 17.3 Å². The highest BCUT2D eigenvalue weighted by atomic mass is 79.9. The van der Waals surface area contributed by atoms with Gasteiger partial charge in [-0.2, -0.15) is 4.98 Å². The molecule has 1 N–H and O–H groups in total. The molecular weight excluding hydrogens is 525 g/mol. The summed E-state index contributed by atoms with van der Waals surface area (Å²) in [6.07, 6.45) is 2.24. The van der Waals surface area contributed by atoms with E-state index >= 15 is 0 Å². The Kier molecular flexibility index (Phi) is 5.38. The molecule has 1 aromatic carbocycles. The number of fused-ring (bicyclic) bond motifs is 2. The van der Waals surface area contributed by atoms with Crippen molar-refractivity contribution in [3.05, 3.63) is 57.1 Å². The van der Waals surface area contributed by atoms with Crippen molar-refractivity contribution in [2.75, 3.05) is 44.7 Å². The fourth-order valence-corrected chi connectivity index (χ4v) is 5.98. The van der Waals surface area contributed by atoms with E-state index in [9.17, 15) is 9.18 Å². The fourth-order valence-electron chi connectivity index (χ4n) is 4.48. The molecule has 1 saturated heterocycles. The molecule has 0 aliphatic carbocycles. The highest BCUT2D eigenvalue weighted by molar-refractivity contribution is 9.10. The summed E-state index contributed by atoms with van der Waals surface area (Å²) >= 11 is 4.79. The molecule has 0 radical (unpaired) electrons. The van der Waals surface area contributed by atoms with Crippen LogP contribution in [0.5, 0.6) is 0 Å². The molecule has 9 nitrogen and oxygen atoms in total. The summed E-state index contributed by atoms with van der Waals surface area (Å²) in [5, 5.41) is 0.608. The number of nitrogens with one attached hydrogen (secondary N) is 1. The smallest absolute Gasteiger partial charge is 0.299 e. The van der Waals surface area contributed by atoms with Crippen LogP contribution >= 0.6 is 27.3 Å². The minimum atomic E-state index is -0.552. The third-order valence-corrected chi connectivity index (χ3v) is 7.96. The lowest BCUT2D eigenvalue weighted by Gasteiger charge is -2.33. The van der Waals surface area contributed by atoms with Crippen LogP contribution in [0.2, 0.25) is 0 Å². The number of thiazole rings is 1. The third kappa shape index (κ3) is 3.60. The highest BCUT2D eigenvalue weighted by Gasteiger charge is 2.39. The second-order valence-corrected chi connectivity index (χ2v) is 10.3. The molecule has 5 heterocycles. The molecule has 2 aliphatic heterocycles. The molecule has 4 aromatic rings. The number of aromatic nitrogens is 4. The van der Waals surface area contributed by atoms with Crippen molar-refractivity contribution in [3.63, 3.8) is 0 Å². The lowest BCUT2D eigenvalue weighted by molar-refractivity contribution is 0.0657. The molecule has 12 heteroatoms. The molecule has 1 fully saturated rings. The van der Waals surface area contributed by atoms with Crippen LogP contribution in [0.15, 0.2) is 33.5 Å². The number of carbonyl (C=O) groups is 1. The summed E-state index contributed by atoms with van der Waals surface area (Å²) in [4.78, 5) is 36.4. The molecule has 1 amide bonds. The number of hydrogen-bond acceptors (Lipinski definition) is 8. The highest BCUT2D eigenvalue weighted by Crippen LogP contribution is 2.39. The molecule has 1 atom stereocenters. The number of aromatic amines is 1. The van der Waals surface area contributed by atoms with Crippen LogP contribution in [-0.2, 0) is 6.42 Å². The summed E-state index contributed by atoms with van der Waals surface area (Å²) in [7, 11) is 2.07. The minimum absolute atomic E-state index is 0.144. The second kappa shape index (κ2) is 8.43. The van der Waals surface area contributed by atoms with Gasteiger partial charge in [0.1, 0.15) is 22.4 Å². The van der Waals surface area contributed by atoms with E-state index in [1.165, 1.54) is 17.4 Å². The first kappa shape index (κ1) is 21.7. The normalized spacial score (nSPS) is 19.1. The Morgan fingerprint density at radius 1 is 1.24 bits per heavy atom. The quantitative estimate of drug-likeness (QED) is 0.421. The molecular formula is C22H21BrFN7O2S. The maximum Gasteiger partial charge on any atom is 0.299 e. The number of anilines is 1. The van der Waals surface area contributed by atoms with Gasteiger partial charge in [-0.25, -0.2) is 14.4 Å². The molecule has 2 aliphatic rings. The average Bonchev–Trinajstić information content (AvgIpc) is 3.57. The molecule has 6 rings (SSSR count). The summed E-state index contributed by atoms with van der Waals surface area (Å²) in [6, 6.07) is 4.76. The number of nitrogens with zero attached hydrogens (tertiary/aromatic N) is 6. The maximum atomic E-state index is 14.4. The largest absolute Gasteiger partial charge is 0.417 e. The van der Waals surface area contributed by atoms with Crippen molar-refractivity contribution >= 4 is 49.4 Å². The maximum absolute atomic E-state index is 14.4. The van der Waals surface area contributed by atoms with Crippen molar-refractivity contribution in [2.45, 2.75) is 12.5 Å². The molecule has 0 saturated carbocycles. The Morgan fingerprint density at radius 2 is 2.06 bits per heavy atom. The first-order valence-electron chi connectivity index (χ1n) is 11.0. The summed E-state index contributed by atoms with van der Waals surface area (Å²) in [5.41, 5.74) is 1.97. The predicted molar refractivity (Wildman–Crippen MR) is 129 cm³/mol. The molecule has 34 heavy (non-hydrogen) atoms. The summed E-state index contributed by atoms with van der Waals surface area (Å²) in [5.74, 6) is -0.547. The van der Waals surface area contributed by atoms with Crippen LogP contribution in [0, 0.1) is 5.82 Å². The lowest BCUT2D eigenvalue weighted by Crippen LogP contribution is -2.44. The number of H-pyrrole nitrogens is 1. The van der Waals surface area contributed by atoms with Gasteiger partial charge in [-0.1, -0.05) is 6.07 Å². The van der Waals surface area contributed by atoms with Crippen molar-refractivity contribution in [1.82, 2.24) is 29.7 Å². The Bertz CT molecular complexity index is 1380. The van der Waals surface area contributed by atoms with E-state index < -0.39 is 6.04 Å². The second-order valence-electron chi connectivity index (χ2n) is 8.46. The van der Waals surface area contributed by atoms with Crippen LogP contribution in [-0.4, -0.2) is 75.4 Å². The van der Waals surface area contributed by atoms with Crippen molar-refractivity contribution < 1.29 is 13.6 Å². The van der Waals surface area contributed by atoms with Crippen molar-refractivity contribution in [3.8, 4) is 0 Å². The Morgan fingerprint density at radius 3 is 2.85 bits per heavy atom. The van der Waals surface area contributed by atoms with Crippen LogP contribution in [0.4, 0.5) is 10.4 Å². The first-order chi connectivity index (χ1) is 16.5. The van der Waals surface area contributed by atoms with Gasteiger partial charge in [0, 0.05) is 44.8 Å². The third-order valence-electron chi connectivity index (χ3n) is 6.35. The fraction of sp³-hybridized carbons (Fsp3) is 0.364. The summed E-state index contributed by atoms with van der Waals surface area (Å²) in [6.45, 7) is 3.78. The standard InChI is InChI=1S/C22H21BrFN7O2S/c1-29-7-9-30(10-8-29)22-28-19(23)18(33-22)21(32)31-6-5-13-16(26-11-25-13)17(31)20-27-15-12(24)3-2-4-14(15)34-20/h2-4,11,17H,5-10H2,1H3,(H,25,26)/t17-/m0/s1. The van der Waals surface area contributed by atoms with Gasteiger partial charge in [0.25, 0.3) is 11.9 Å². The number of piperazine rings is 1. The number of benzene rings is 1. The van der Waals surface area contributed by atoms with E-state index in [2.05, 4.69) is 47.8 Å². The Hall–Kier alpha value is -2.83. The average molecular weight is 546 g/mol.